The van der Waals surface area contributed by atoms with Crippen molar-refractivity contribution in [2.45, 2.75) is 6.92 Å². The molecule has 0 bridgehead atoms. The highest BCUT2D eigenvalue weighted by molar-refractivity contribution is 7.71. The summed E-state index contributed by atoms with van der Waals surface area (Å²) in [6.45, 7) is 2.06. The number of hydrogen-bond donors (Lipinski definition) is 1. The Morgan fingerprint density at radius 3 is 2.59 bits per heavy atom. The Morgan fingerprint density at radius 1 is 1.05 bits per heavy atom. The number of aromatic nitrogens is 4. The molecule has 2 aromatic carbocycles. The highest BCUT2D eigenvalue weighted by Crippen LogP contribution is 2.27. The molecule has 4 nitrogen and oxygen atoms in total. The van der Waals surface area contributed by atoms with Gasteiger partial charge in [0.2, 0.25) is 9.90 Å². The zero-order chi connectivity index (χ0) is 15.1. The minimum atomic E-state index is 0.454. The van der Waals surface area contributed by atoms with E-state index in [1.165, 1.54) is 5.56 Å². The van der Waals surface area contributed by atoms with Gasteiger partial charge in [0.15, 0.2) is 5.82 Å². The Kier molecular flexibility index (Phi) is 3.13. The van der Waals surface area contributed by atoms with Crippen molar-refractivity contribution in [2.24, 2.45) is 0 Å². The highest BCUT2D eigenvalue weighted by Gasteiger charge is 2.13. The molecule has 0 spiro atoms. The van der Waals surface area contributed by atoms with E-state index in [0.717, 1.165) is 26.7 Å². The predicted molar refractivity (Wildman–Crippen MR) is 92.1 cm³/mol. The molecule has 4 aromatic rings. The van der Waals surface area contributed by atoms with Crippen LogP contribution in [0.2, 0.25) is 0 Å². The maximum atomic E-state index is 5.22. The number of thiazole rings is 1. The normalized spacial score (nSPS) is 11.1. The summed E-state index contributed by atoms with van der Waals surface area (Å²) in [5.41, 5.74) is 3.20. The maximum absolute atomic E-state index is 5.22. The van der Waals surface area contributed by atoms with E-state index in [4.69, 9.17) is 12.2 Å². The van der Waals surface area contributed by atoms with Crippen molar-refractivity contribution in [1.29, 1.82) is 0 Å². The van der Waals surface area contributed by atoms with Crippen molar-refractivity contribution in [3.63, 3.8) is 0 Å². The molecule has 6 heteroatoms. The van der Waals surface area contributed by atoms with Crippen LogP contribution in [0.25, 0.3) is 26.7 Å². The van der Waals surface area contributed by atoms with Gasteiger partial charge in [0, 0.05) is 5.56 Å². The number of fused-ring (bicyclic) bond motifs is 1. The zero-order valence-electron chi connectivity index (χ0n) is 11.8. The van der Waals surface area contributed by atoms with E-state index in [2.05, 4.69) is 40.2 Å². The molecule has 1 N–H and O–H groups in total. The van der Waals surface area contributed by atoms with Crippen LogP contribution in [0.4, 0.5) is 0 Å². The van der Waals surface area contributed by atoms with E-state index >= 15 is 0 Å². The lowest BCUT2D eigenvalue weighted by Crippen LogP contribution is -1.98. The second kappa shape index (κ2) is 5.15. The van der Waals surface area contributed by atoms with Crippen LogP contribution in [0, 0.1) is 11.7 Å². The van der Waals surface area contributed by atoms with Crippen LogP contribution in [0.1, 0.15) is 5.56 Å². The molecule has 2 heterocycles. The highest BCUT2D eigenvalue weighted by atomic mass is 32.1. The van der Waals surface area contributed by atoms with Gasteiger partial charge >= 0.3 is 0 Å². The van der Waals surface area contributed by atoms with Gasteiger partial charge in [-0.2, -0.15) is 4.98 Å². The third-order valence-corrected chi connectivity index (χ3v) is 4.61. The Hall–Kier alpha value is -2.31. The van der Waals surface area contributed by atoms with Crippen LogP contribution >= 0.6 is 23.6 Å². The number of aryl methyl sites for hydroxylation is 1. The molecule has 0 aliphatic carbocycles. The Labute approximate surface area is 136 Å². The van der Waals surface area contributed by atoms with E-state index in [-0.39, 0.29) is 0 Å². The van der Waals surface area contributed by atoms with Crippen molar-refractivity contribution < 1.29 is 0 Å². The summed E-state index contributed by atoms with van der Waals surface area (Å²) in [5, 5.41) is 3.94. The number of nitrogens with one attached hydrogen (secondary N) is 1. The minimum absolute atomic E-state index is 0.454. The minimum Gasteiger partial charge on any atom is -0.264 e. The molecular formula is C16H12N4S2. The Balaban J connectivity index is 1.92. The second-order valence-corrected chi connectivity index (χ2v) is 6.41. The van der Waals surface area contributed by atoms with Gasteiger partial charge in [-0.25, -0.2) is 9.67 Å². The van der Waals surface area contributed by atoms with Gasteiger partial charge in [-0.1, -0.05) is 53.3 Å². The van der Waals surface area contributed by atoms with Crippen LogP contribution in [-0.2, 0) is 0 Å². The second-order valence-electron chi connectivity index (χ2n) is 5.02. The fraction of sp³-hybridized carbons (Fsp3) is 0.0625. The monoisotopic (exact) mass is 324 g/mol. The number of hydrogen-bond acceptors (Lipinski definition) is 4. The zero-order valence-corrected chi connectivity index (χ0v) is 13.4. The molecule has 0 aliphatic heterocycles. The van der Waals surface area contributed by atoms with Gasteiger partial charge < -0.3 is 0 Å². The van der Waals surface area contributed by atoms with Crippen LogP contribution in [0.15, 0.2) is 48.5 Å². The molecule has 0 aliphatic rings. The van der Waals surface area contributed by atoms with Crippen molar-refractivity contribution in [3.05, 3.63) is 58.9 Å². The van der Waals surface area contributed by atoms with Crippen LogP contribution in [0.5, 0.6) is 0 Å². The molecule has 0 amide bonds. The summed E-state index contributed by atoms with van der Waals surface area (Å²) in [6, 6.07) is 16.3. The van der Waals surface area contributed by atoms with Crippen LogP contribution < -0.4 is 0 Å². The first-order chi connectivity index (χ1) is 10.7. The molecule has 22 heavy (non-hydrogen) atoms. The van der Waals surface area contributed by atoms with E-state index in [0.29, 0.717) is 4.77 Å². The van der Waals surface area contributed by atoms with Gasteiger partial charge in [-0.05, 0) is 31.3 Å². The molecule has 0 unspecified atom stereocenters. The molecule has 0 saturated carbocycles. The first-order valence-electron chi connectivity index (χ1n) is 6.83. The summed E-state index contributed by atoms with van der Waals surface area (Å²) in [5.74, 6) is 0.782. The average Bonchev–Trinajstić information content (AvgIpc) is 3.11. The van der Waals surface area contributed by atoms with Crippen molar-refractivity contribution in [3.8, 4) is 16.5 Å². The van der Waals surface area contributed by atoms with Crippen molar-refractivity contribution >= 4 is 33.8 Å². The van der Waals surface area contributed by atoms with Gasteiger partial charge in [0.1, 0.15) is 0 Å². The van der Waals surface area contributed by atoms with E-state index in [1.54, 1.807) is 11.3 Å². The lowest BCUT2D eigenvalue weighted by atomic mass is 10.1. The molecular weight excluding hydrogens is 312 g/mol. The third kappa shape index (κ3) is 2.26. The first kappa shape index (κ1) is 13.4. The van der Waals surface area contributed by atoms with Gasteiger partial charge in [-0.3, -0.25) is 5.10 Å². The molecule has 0 saturated heterocycles. The third-order valence-electron chi connectivity index (χ3n) is 3.41. The molecule has 0 fully saturated rings. The Morgan fingerprint density at radius 2 is 1.82 bits per heavy atom. The van der Waals surface area contributed by atoms with E-state index < -0.39 is 0 Å². The summed E-state index contributed by atoms with van der Waals surface area (Å²) >= 11 is 6.83. The smallest absolute Gasteiger partial charge is 0.214 e. The lowest BCUT2D eigenvalue weighted by Gasteiger charge is -2.03. The lowest BCUT2D eigenvalue weighted by molar-refractivity contribution is 0.874. The maximum Gasteiger partial charge on any atom is 0.214 e. The number of nitrogens with zero attached hydrogens (tertiary/aromatic N) is 3. The van der Waals surface area contributed by atoms with Crippen LogP contribution in [0.3, 0.4) is 0 Å². The Bertz CT molecular complexity index is 975. The quantitative estimate of drug-likeness (QED) is 0.552. The number of benzene rings is 2. The van der Waals surface area contributed by atoms with Crippen LogP contribution in [-0.4, -0.2) is 19.7 Å². The predicted octanol–water partition coefficient (Wildman–Crippen LogP) is 4.52. The van der Waals surface area contributed by atoms with Crippen molar-refractivity contribution in [1.82, 2.24) is 19.7 Å². The SMILES string of the molecule is Cc1ccc(-c2nc(=S)[nH]n2-c2nc3ccccc3s2)cc1. The largest absolute Gasteiger partial charge is 0.264 e. The number of H-pyrrole nitrogens is 1. The summed E-state index contributed by atoms with van der Waals surface area (Å²) in [7, 11) is 0. The molecule has 2 aromatic heterocycles. The summed E-state index contributed by atoms with van der Waals surface area (Å²) < 4.78 is 3.45. The summed E-state index contributed by atoms with van der Waals surface area (Å²) in [6.07, 6.45) is 0. The van der Waals surface area contributed by atoms with Gasteiger partial charge in [0.05, 0.1) is 10.2 Å². The number of aromatic amines is 1. The first-order valence-corrected chi connectivity index (χ1v) is 8.05. The molecule has 108 valence electrons. The topological polar surface area (TPSA) is 46.5 Å². The standard InChI is InChI=1S/C16H12N4S2/c1-10-6-8-11(9-7-10)14-18-15(21)19-20(14)16-17-12-4-2-3-5-13(12)22-16/h2-9H,1H3,(H,19,21). The van der Waals surface area contributed by atoms with Crippen molar-refractivity contribution in [2.75, 3.05) is 0 Å². The fourth-order valence-corrected chi connectivity index (χ4v) is 3.42. The average molecular weight is 324 g/mol. The molecule has 0 atom stereocenters. The van der Waals surface area contributed by atoms with Gasteiger partial charge in [-0.15, -0.1) is 0 Å². The molecule has 4 rings (SSSR count). The summed E-state index contributed by atoms with van der Waals surface area (Å²) in [4.78, 5) is 9.11. The van der Waals surface area contributed by atoms with E-state index in [9.17, 15) is 0 Å². The van der Waals surface area contributed by atoms with E-state index in [1.807, 2.05) is 35.0 Å². The number of para-hydroxylation sites is 1. The molecule has 0 radical (unpaired) electrons. The number of rotatable bonds is 2. The fourth-order valence-electron chi connectivity index (χ4n) is 2.31. The van der Waals surface area contributed by atoms with Gasteiger partial charge in [0.25, 0.3) is 0 Å².